The number of hydrogen-bond acceptors (Lipinski definition) is 18. The van der Waals surface area contributed by atoms with Crippen molar-refractivity contribution in [3.63, 3.8) is 0 Å². The first-order chi connectivity index (χ1) is 44.9. The number of ether oxygens (including phenoxy) is 10. The first-order valence-corrected chi connectivity index (χ1v) is 32.9. The number of benzene rings is 1. The van der Waals surface area contributed by atoms with Crippen molar-refractivity contribution < 1.29 is 86.3 Å². The van der Waals surface area contributed by atoms with Crippen LogP contribution in [0, 0.1) is 24.7 Å². The summed E-state index contributed by atoms with van der Waals surface area (Å²) >= 11 is 0. The second-order valence-corrected chi connectivity index (χ2v) is 20.2. The number of primary amides is 1. The zero-order valence-corrected chi connectivity index (χ0v) is 58.9. The molecule has 1 aliphatic heterocycles. The number of aliphatic hydroxyl groups excluding tert-OH is 1. The first kappa shape index (κ1) is 95.8. The molecule has 0 aromatic heterocycles. The number of aliphatic hydroxyl groups is 1. The van der Waals surface area contributed by atoms with Crippen LogP contribution in [0.4, 0.5) is 10.5 Å². The maximum Gasteiger partial charge on any atom is 0.312 e. The van der Waals surface area contributed by atoms with Gasteiger partial charge in [-0.05, 0) is 73.1 Å². The smallest absolute Gasteiger partial charge is 0.312 e. The number of aliphatic carboxylic acids is 1. The number of carboxylic acids is 1. The van der Waals surface area contributed by atoms with E-state index >= 15 is 0 Å². The summed E-state index contributed by atoms with van der Waals surface area (Å²) in [7, 11) is 1.50. The fourth-order valence-corrected chi connectivity index (χ4v) is 6.95. The summed E-state index contributed by atoms with van der Waals surface area (Å²) in [6.45, 7) is 36.1. The minimum absolute atomic E-state index is 0.00711. The summed E-state index contributed by atoms with van der Waals surface area (Å²) in [5.74, 6) is -2.04. The van der Waals surface area contributed by atoms with E-state index in [-0.39, 0.29) is 70.2 Å². The predicted molar refractivity (Wildman–Crippen MR) is 367 cm³/mol. The standard InChI is InChI=1S/C35H52N4O7.C20H40O10.C4H10N2O.C4H10.C2H6.C2H2.CH5N/c1-7-9-27(18-25(5)8-2)22-46-23-29-19-30(12-11-28(29)21-40)37-32(42)20-36-35(44)34(24(3)4)38-31(41)14-16-45-17-15-39-26(6)10-13-33(39)43;1-2-4-23-6-8-25-10-12-27-14-16-29-18-19-30-17-15-28-13-11-26-9-7-24-5-3-20(21)22;1-2-3-6-4(5)7;1-3-4-2;3*1-2/h10-13,18-19,24-25,34,40H,6-9,14-17,20-23H2,1-5H3,(H,36,44)(H,37,42)(H,38,41);2-19H2,1H3,(H,21,22);2-3H2,1H3,(H3,5,6,7);3-4H2,1-2H3;1-2H3;1-2H;2H2,1H3/b27-18+;;;;;;. The van der Waals surface area contributed by atoms with E-state index in [4.69, 9.17) is 58.2 Å². The quantitative estimate of drug-likeness (QED) is 0.0176. The lowest BCUT2D eigenvalue weighted by Crippen LogP contribution is -2.51. The molecule has 0 radical (unpaired) electrons. The SMILES string of the molecule is C#C.C=C1C=CC(=O)N1CCOCCC(=O)NC(C(=O)NCC(=O)Nc1ccc(CO)c(COC/C(=C/C(C)CC)CCC)c1)C(C)C.CC.CCCC.CCCNC(N)=O.CCCOCCOCCOCCOCCOCCOCCOCCOCCC(=O)O.CN. The highest BCUT2D eigenvalue weighted by molar-refractivity contribution is 5.96. The molecule has 540 valence electrons. The lowest BCUT2D eigenvalue weighted by molar-refractivity contribution is -0.138. The number of urea groups is 1. The van der Waals surface area contributed by atoms with Crippen LogP contribution in [0.25, 0.3) is 0 Å². The maximum absolute atomic E-state index is 12.9. The maximum atomic E-state index is 12.9. The monoisotopic (exact) mass is 1330 g/mol. The van der Waals surface area contributed by atoms with Gasteiger partial charge in [0.05, 0.1) is 145 Å². The van der Waals surface area contributed by atoms with Crippen molar-refractivity contribution in [3.05, 3.63) is 65.4 Å². The number of hydrogen-bond donors (Lipinski definition) is 8. The van der Waals surface area contributed by atoms with Gasteiger partial charge < -0.3 is 95.2 Å². The van der Waals surface area contributed by atoms with E-state index in [0.29, 0.717) is 135 Å². The second-order valence-electron chi connectivity index (χ2n) is 20.2. The van der Waals surface area contributed by atoms with Crippen LogP contribution < -0.4 is 32.7 Å². The van der Waals surface area contributed by atoms with Crippen LogP contribution in [0.5, 0.6) is 0 Å². The Hall–Kier alpha value is -5.86. The predicted octanol–water partition coefficient (Wildman–Crippen LogP) is 7.71. The number of terminal acetylenes is 1. The number of nitrogens with two attached hydrogens (primary N) is 2. The molecule has 2 unspecified atom stereocenters. The number of nitrogens with zero attached hydrogens (tertiary/aromatic N) is 1. The molecule has 2 atom stereocenters. The Bertz CT molecular complexity index is 2040. The molecule has 0 saturated carbocycles. The molecular weight excluding hydrogens is 1200 g/mol. The minimum Gasteiger partial charge on any atom is -0.481 e. The van der Waals surface area contributed by atoms with Gasteiger partial charge in [0.25, 0.3) is 5.91 Å². The number of carboxylic acid groups (broad SMARTS) is 1. The minimum atomic E-state index is -0.867. The van der Waals surface area contributed by atoms with Gasteiger partial charge in [-0.1, -0.05) is 121 Å². The van der Waals surface area contributed by atoms with Crippen LogP contribution in [0.2, 0.25) is 0 Å². The molecule has 1 aromatic carbocycles. The van der Waals surface area contributed by atoms with Crippen LogP contribution in [0.15, 0.2) is 54.3 Å². The third-order valence-electron chi connectivity index (χ3n) is 12.1. The molecule has 0 aliphatic carbocycles. The van der Waals surface area contributed by atoms with Gasteiger partial charge in [-0.25, -0.2) is 4.79 Å². The molecule has 6 amide bonds. The van der Waals surface area contributed by atoms with Gasteiger partial charge >= 0.3 is 12.0 Å². The van der Waals surface area contributed by atoms with E-state index in [0.717, 1.165) is 44.3 Å². The van der Waals surface area contributed by atoms with E-state index in [1.807, 2.05) is 20.8 Å². The summed E-state index contributed by atoms with van der Waals surface area (Å²) in [6, 6.07) is 3.91. The highest BCUT2D eigenvalue weighted by Gasteiger charge is 2.25. The van der Waals surface area contributed by atoms with Gasteiger partial charge in [0.1, 0.15) is 6.04 Å². The molecule has 1 heterocycles. The van der Waals surface area contributed by atoms with E-state index in [9.17, 15) is 33.9 Å². The Labute approximate surface area is 558 Å². The first-order valence-electron chi connectivity index (χ1n) is 32.9. The van der Waals surface area contributed by atoms with Gasteiger partial charge in [-0.3, -0.25) is 24.0 Å². The fraction of sp³-hybridized carbons (Fsp3) is 0.706. The van der Waals surface area contributed by atoms with Crippen LogP contribution in [-0.2, 0) is 84.6 Å². The molecule has 0 spiro atoms. The van der Waals surface area contributed by atoms with E-state index in [1.54, 1.807) is 38.1 Å². The Morgan fingerprint density at radius 3 is 1.49 bits per heavy atom. The van der Waals surface area contributed by atoms with Crippen molar-refractivity contribution in [1.82, 2.24) is 20.9 Å². The van der Waals surface area contributed by atoms with Crippen molar-refractivity contribution in [2.75, 3.05) is 158 Å². The molecule has 0 saturated heterocycles. The molecule has 0 fully saturated rings. The molecule has 1 aliphatic rings. The Morgan fingerprint density at radius 1 is 0.613 bits per heavy atom. The third kappa shape index (κ3) is 63.3. The van der Waals surface area contributed by atoms with Crippen molar-refractivity contribution in [3.8, 4) is 12.8 Å². The molecular formula is C68H125N7O18. The average molecular weight is 1330 g/mol. The topological polar surface area (TPSA) is 339 Å². The normalized spacial score (nSPS) is 11.9. The average Bonchev–Trinajstić information content (AvgIpc) is 2.46. The zero-order valence-electron chi connectivity index (χ0n) is 58.9. The van der Waals surface area contributed by atoms with Crippen molar-refractivity contribution in [1.29, 1.82) is 0 Å². The molecule has 1 aromatic rings. The van der Waals surface area contributed by atoms with Crippen LogP contribution >= 0.6 is 0 Å². The molecule has 93 heavy (non-hydrogen) atoms. The number of anilines is 1. The highest BCUT2D eigenvalue weighted by Crippen LogP contribution is 2.19. The lowest BCUT2D eigenvalue weighted by atomic mass is 10.0. The van der Waals surface area contributed by atoms with E-state index in [1.165, 1.54) is 36.4 Å². The molecule has 0 bridgehead atoms. The van der Waals surface area contributed by atoms with Crippen LogP contribution in [-0.4, -0.2) is 209 Å². The van der Waals surface area contributed by atoms with Gasteiger partial charge in [0.2, 0.25) is 17.7 Å². The van der Waals surface area contributed by atoms with Gasteiger partial charge in [-0.2, -0.15) is 0 Å². The summed E-state index contributed by atoms with van der Waals surface area (Å²) in [6.07, 6.45) is 21.0. The molecule has 25 nitrogen and oxygen atoms in total. The second kappa shape index (κ2) is 73.5. The summed E-state index contributed by atoms with van der Waals surface area (Å²) < 4.78 is 54.1. The van der Waals surface area contributed by atoms with Crippen LogP contribution in [0.3, 0.4) is 0 Å². The highest BCUT2D eigenvalue weighted by atomic mass is 16.6. The molecule has 10 N–H and O–H groups in total. The Balaban J connectivity index is -0.000000468. The number of unbranched alkanes of at least 4 members (excludes halogenated alkanes) is 1. The van der Waals surface area contributed by atoms with Crippen LogP contribution in [0.1, 0.15) is 145 Å². The number of carbonyl (C=O) groups excluding carboxylic acids is 5. The third-order valence-corrected chi connectivity index (χ3v) is 12.1. The van der Waals surface area contributed by atoms with Gasteiger partial charge in [0, 0.05) is 43.6 Å². The van der Waals surface area contributed by atoms with Crippen molar-refractivity contribution in [2.24, 2.45) is 23.3 Å². The van der Waals surface area contributed by atoms with E-state index in [2.05, 4.69) is 94.0 Å². The number of carbonyl (C=O) groups is 6. The Morgan fingerprint density at radius 2 is 1.10 bits per heavy atom. The fourth-order valence-electron chi connectivity index (χ4n) is 6.95. The van der Waals surface area contributed by atoms with Gasteiger partial charge in [0.15, 0.2) is 0 Å². The zero-order chi connectivity index (χ0) is 71.1. The Kier molecular flexibility index (Phi) is 75.8. The van der Waals surface area contributed by atoms with Gasteiger partial charge in [-0.15, -0.1) is 12.8 Å². The summed E-state index contributed by atoms with van der Waals surface area (Å²) in [5, 5.41) is 28.8. The number of rotatable bonds is 50. The van der Waals surface area contributed by atoms with Crippen molar-refractivity contribution in [2.45, 2.75) is 153 Å². The van der Waals surface area contributed by atoms with E-state index < -0.39 is 29.9 Å². The largest absolute Gasteiger partial charge is 0.481 e. The van der Waals surface area contributed by atoms with Crippen molar-refractivity contribution >= 4 is 41.3 Å². The summed E-state index contributed by atoms with van der Waals surface area (Å²) in [5.41, 5.74) is 13.1. The molecule has 25 heteroatoms. The molecule has 2 rings (SSSR count). The summed E-state index contributed by atoms with van der Waals surface area (Å²) in [4.78, 5) is 71.4. The number of amides is 6. The lowest BCUT2D eigenvalue weighted by Gasteiger charge is -2.22. The number of allylic oxidation sites excluding steroid dienone is 2. The number of nitrogens with one attached hydrogen (secondary N) is 4.